The first-order chi connectivity index (χ1) is 16.5. The molecule has 1 aromatic carbocycles. The van der Waals surface area contributed by atoms with Crippen LogP contribution in [0, 0.1) is 23.6 Å². The number of rotatable bonds is 3. The highest BCUT2D eigenvalue weighted by Gasteiger charge is 2.39. The Kier molecular flexibility index (Phi) is 5.96. The first-order valence-corrected chi connectivity index (χ1v) is 11.5. The normalized spacial score (nSPS) is 21.1. The van der Waals surface area contributed by atoms with Gasteiger partial charge in [0.05, 0.1) is 17.8 Å². The highest BCUT2D eigenvalue weighted by molar-refractivity contribution is 5.92. The number of fused-ring (bicyclic) bond motifs is 4. The van der Waals surface area contributed by atoms with Crippen molar-refractivity contribution in [2.45, 2.75) is 32.1 Å². The molecule has 3 heterocycles. The van der Waals surface area contributed by atoms with Crippen LogP contribution >= 0.6 is 0 Å². The van der Waals surface area contributed by atoms with Crippen molar-refractivity contribution in [3.8, 4) is 22.6 Å². The third-order valence-electron chi connectivity index (χ3n) is 6.92. The third kappa shape index (κ3) is 4.48. The second kappa shape index (κ2) is 9.21. The van der Waals surface area contributed by atoms with Crippen molar-refractivity contribution < 1.29 is 14.3 Å². The van der Waals surface area contributed by atoms with Gasteiger partial charge in [-0.25, -0.2) is 19.3 Å². The van der Waals surface area contributed by atoms with E-state index in [0.717, 1.165) is 24.1 Å². The number of aliphatic carboxylic acids is 1. The van der Waals surface area contributed by atoms with Crippen molar-refractivity contribution in [3.05, 3.63) is 60.7 Å². The maximum Gasteiger partial charge on any atom is 0.306 e. The van der Waals surface area contributed by atoms with Crippen LogP contribution in [0.5, 0.6) is 0 Å². The van der Waals surface area contributed by atoms with Gasteiger partial charge in [-0.1, -0.05) is 43.2 Å². The minimum Gasteiger partial charge on any atom is -0.481 e. The molecule has 4 N–H and O–H groups in total. The van der Waals surface area contributed by atoms with Gasteiger partial charge >= 0.3 is 5.97 Å². The van der Waals surface area contributed by atoms with Crippen LogP contribution < -0.4 is 5.73 Å². The number of aromatic nitrogens is 4. The number of hydrogen-bond acceptors (Lipinski definition) is 5. The SMILES string of the molecule is Nc1cc(-c2ccccc2)nc(-c2c[nH]c3ncc(F)cc23)n1.O=C(O)C1CC2CCC1CC2. The summed E-state index contributed by atoms with van der Waals surface area (Å²) in [5, 5.41) is 9.48. The molecule has 3 saturated carbocycles. The number of halogens is 1. The van der Waals surface area contributed by atoms with Crippen molar-refractivity contribution in [1.82, 2.24) is 19.9 Å². The molecule has 0 radical (unpaired) electrons. The predicted molar refractivity (Wildman–Crippen MR) is 128 cm³/mol. The average Bonchev–Trinajstić information content (AvgIpc) is 3.28. The summed E-state index contributed by atoms with van der Waals surface area (Å²) in [7, 11) is 0. The molecule has 1 unspecified atom stereocenters. The van der Waals surface area contributed by atoms with Gasteiger partial charge in [0.25, 0.3) is 0 Å². The van der Waals surface area contributed by atoms with Crippen molar-refractivity contribution in [2.24, 2.45) is 17.8 Å². The summed E-state index contributed by atoms with van der Waals surface area (Å²) in [6, 6.07) is 12.8. The van der Waals surface area contributed by atoms with E-state index in [2.05, 4.69) is 19.9 Å². The van der Waals surface area contributed by atoms with Crippen molar-refractivity contribution >= 4 is 22.8 Å². The first kappa shape index (κ1) is 22.0. The van der Waals surface area contributed by atoms with Gasteiger partial charge in [0.2, 0.25) is 0 Å². The number of pyridine rings is 1. The molecule has 7 nitrogen and oxygen atoms in total. The van der Waals surface area contributed by atoms with Crippen molar-refractivity contribution in [2.75, 3.05) is 5.73 Å². The Hall–Kier alpha value is -3.81. The molecule has 1 atom stereocenters. The summed E-state index contributed by atoms with van der Waals surface area (Å²) >= 11 is 0. The minimum atomic E-state index is -0.556. The topological polar surface area (TPSA) is 118 Å². The molecule has 174 valence electrons. The summed E-state index contributed by atoms with van der Waals surface area (Å²) in [5.41, 5.74) is 8.82. The molecule has 3 aliphatic carbocycles. The number of nitrogen functional groups attached to an aromatic ring is 1. The number of hydrogen-bond donors (Lipinski definition) is 3. The number of nitrogens with two attached hydrogens (primary N) is 1. The summed E-state index contributed by atoms with van der Waals surface area (Å²) in [4.78, 5) is 26.6. The van der Waals surface area contributed by atoms with Crippen LogP contribution in [-0.4, -0.2) is 31.0 Å². The lowest BCUT2D eigenvalue weighted by Crippen LogP contribution is -2.35. The lowest BCUT2D eigenvalue weighted by molar-refractivity contribution is -0.147. The van der Waals surface area contributed by atoms with Crippen LogP contribution in [0.25, 0.3) is 33.7 Å². The summed E-state index contributed by atoms with van der Waals surface area (Å²) in [6.07, 6.45) is 8.74. The van der Waals surface area contributed by atoms with E-state index in [1.54, 1.807) is 12.3 Å². The number of nitrogens with one attached hydrogen (secondary N) is 1. The lowest BCUT2D eigenvalue weighted by atomic mass is 9.65. The van der Waals surface area contributed by atoms with Crippen molar-refractivity contribution in [3.63, 3.8) is 0 Å². The zero-order valence-corrected chi connectivity index (χ0v) is 18.6. The van der Waals surface area contributed by atoms with Gasteiger partial charge in [0.1, 0.15) is 17.3 Å². The number of nitrogens with zero attached hydrogens (tertiary/aromatic N) is 3. The lowest BCUT2D eigenvalue weighted by Gasteiger charge is -2.40. The van der Waals surface area contributed by atoms with Gasteiger partial charge in [-0.05, 0) is 37.2 Å². The van der Waals surface area contributed by atoms with Crippen LogP contribution in [0.4, 0.5) is 10.2 Å². The zero-order valence-electron chi connectivity index (χ0n) is 18.6. The van der Waals surface area contributed by atoms with E-state index < -0.39 is 11.8 Å². The number of carboxylic acids is 1. The molecular formula is C26H26FN5O2. The Morgan fingerprint density at radius 1 is 1.09 bits per heavy atom. The van der Waals surface area contributed by atoms with Crippen LogP contribution in [0.3, 0.4) is 0 Å². The Morgan fingerprint density at radius 2 is 1.85 bits per heavy atom. The maximum atomic E-state index is 13.5. The largest absolute Gasteiger partial charge is 0.481 e. The van der Waals surface area contributed by atoms with Gasteiger partial charge < -0.3 is 15.8 Å². The Bertz CT molecular complexity index is 1320. The third-order valence-corrected chi connectivity index (χ3v) is 6.92. The predicted octanol–water partition coefficient (Wildman–Crippen LogP) is 5.31. The van der Waals surface area contributed by atoms with E-state index in [-0.39, 0.29) is 5.92 Å². The second-order valence-electron chi connectivity index (χ2n) is 9.08. The number of aromatic amines is 1. The van der Waals surface area contributed by atoms with E-state index in [0.29, 0.717) is 39.9 Å². The number of carbonyl (C=O) groups is 1. The monoisotopic (exact) mass is 459 g/mol. The molecule has 0 amide bonds. The number of H-pyrrole nitrogens is 1. The highest BCUT2D eigenvalue weighted by atomic mass is 19.1. The minimum absolute atomic E-state index is 0.00231. The van der Waals surface area contributed by atoms with Crippen molar-refractivity contribution in [1.29, 1.82) is 0 Å². The number of anilines is 1. The Labute approximate surface area is 196 Å². The summed E-state index contributed by atoms with van der Waals surface area (Å²) in [5.74, 6) is 1.07. The molecule has 2 bridgehead atoms. The molecule has 4 aromatic rings. The standard InChI is InChI=1S/C17H12FN5.C9H14O2/c18-11-6-12-13(9-21-16(12)20-8-11)17-22-14(7-15(19)23-17)10-4-2-1-3-5-10;10-9(11)8-5-6-1-3-7(8)4-2-6/h1-9H,(H,20,21)(H2,19,22,23);6-8H,1-5H2,(H,10,11). The Morgan fingerprint density at radius 3 is 2.50 bits per heavy atom. The average molecular weight is 460 g/mol. The molecule has 0 aliphatic heterocycles. The van der Waals surface area contributed by atoms with E-state index in [1.807, 2.05) is 30.3 Å². The quantitative estimate of drug-likeness (QED) is 0.382. The van der Waals surface area contributed by atoms with Gasteiger partial charge in [0.15, 0.2) is 5.82 Å². The fourth-order valence-electron chi connectivity index (χ4n) is 5.19. The molecule has 3 aromatic heterocycles. The summed E-state index contributed by atoms with van der Waals surface area (Å²) in [6.45, 7) is 0. The molecule has 34 heavy (non-hydrogen) atoms. The second-order valence-corrected chi connectivity index (χ2v) is 9.08. The van der Waals surface area contributed by atoms with Gasteiger partial charge in [-0.2, -0.15) is 0 Å². The van der Waals surface area contributed by atoms with Gasteiger partial charge in [-0.15, -0.1) is 0 Å². The van der Waals surface area contributed by atoms with E-state index in [1.165, 1.54) is 31.7 Å². The molecule has 0 saturated heterocycles. The fourth-order valence-corrected chi connectivity index (χ4v) is 5.19. The number of carboxylic acid groups (broad SMARTS) is 1. The maximum absolute atomic E-state index is 13.5. The molecule has 3 fully saturated rings. The zero-order chi connectivity index (χ0) is 23.7. The highest BCUT2D eigenvalue weighted by Crippen LogP contribution is 2.44. The molecule has 8 heteroatoms. The van der Waals surface area contributed by atoms with Gasteiger partial charge in [-0.3, -0.25) is 4.79 Å². The van der Waals surface area contributed by atoms with Crippen LogP contribution in [0.15, 0.2) is 54.9 Å². The fraction of sp³-hybridized carbons (Fsp3) is 0.308. The molecule has 7 rings (SSSR count). The molecule has 0 spiro atoms. The smallest absolute Gasteiger partial charge is 0.306 e. The Balaban J connectivity index is 0.000000183. The van der Waals surface area contributed by atoms with E-state index >= 15 is 0 Å². The number of benzene rings is 1. The van der Waals surface area contributed by atoms with E-state index in [9.17, 15) is 9.18 Å². The molecule has 3 aliphatic rings. The first-order valence-electron chi connectivity index (χ1n) is 11.5. The van der Waals surface area contributed by atoms with Crippen LogP contribution in [-0.2, 0) is 4.79 Å². The van der Waals surface area contributed by atoms with Crippen LogP contribution in [0.1, 0.15) is 32.1 Å². The summed E-state index contributed by atoms with van der Waals surface area (Å²) < 4.78 is 13.5. The van der Waals surface area contributed by atoms with E-state index in [4.69, 9.17) is 10.8 Å². The van der Waals surface area contributed by atoms with Gasteiger partial charge in [0, 0.05) is 28.8 Å². The molecular weight excluding hydrogens is 433 g/mol. The van der Waals surface area contributed by atoms with Crippen LogP contribution in [0.2, 0.25) is 0 Å².